The molecular formula is C9H18F3N3O. The molecule has 0 radical (unpaired) electrons. The molecule has 3 N–H and O–H groups in total. The van der Waals surface area contributed by atoms with Gasteiger partial charge in [-0.25, -0.2) is 0 Å². The van der Waals surface area contributed by atoms with E-state index in [1.165, 1.54) is 11.9 Å². The molecule has 0 rings (SSSR count). The Balaban J connectivity index is 4.36. The fraction of sp³-hybridized carbons (Fsp3) is 0.889. The summed E-state index contributed by atoms with van der Waals surface area (Å²) in [5, 5.41) is 2.59. The summed E-state index contributed by atoms with van der Waals surface area (Å²) < 4.78 is 36.6. The molecule has 0 aromatic carbocycles. The molecule has 0 bridgehead atoms. The number of hydrogen-bond acceptors (Lipinski definition) is 3. The van der Waals surface area contributed by atoms with Crippen molar-refractivity contribution in [3.63, 3.8) is 0 Å². The summed E-state index contributed by atoms with van der Waals surface area (Å²) in [6.45, 7) is 1.01. The van der Waals surface area contributed by atoms with Crippen molar-refractivity contribution in [1.29, 1.82) is 0 Å². The Morgan fingerprint density at radius 2 is 2.06 bits per heavy atom. The zero-order chi connectivity index (χ0) is 12.8. The lowest BCUT2D eigenvalue weighted by molar-refractivity contribution is -0.147. The molecule has 1 unspecified atom stereocenters. The van der Waals surface area contributed by atoms with E-state index in [9.17, 15) is 18.0 Å². The summed E-state index contributed by atoms with van der Waals surface area (Å²) in [5.74, 6) is -0.647. The van der Waals surface area contributed by atoms with Gasteiger partial charge in [0.2, 0.25) is 5.91 Å². The lowest BCUT2D eigenvalue weighted by Crippen LogP contribution is -2.49. The number of alkyl halides is 3. The van der Waals surface area contributed by atoms with Crippen LogP contribution in [0.4, 0.5) is 13.2 Å². The number of halogens is 3. The summed E-state index contributed by atoms with van der Waals surface area (Å²) in [6.07, 6.45) is -3.67. The van der Waals surface area contributed by atoms with Crippen LogP contribution in [-0.4, -0.2) is 49.7 Å². The van der Waals surface area contributed by atoms with Crippen LogP contribution in [0, 0.1) is 0 Å². The van der Waals surface area contributed by atoms with Crippen molar-refractivity contribution in [2.45, 2.75) is 25.6 Å². The molecule has 16 heavy (non-hydrogen) atoms. The van der Waals surface area contributed by atoms with Gasteiger partial charge in [0.25, 0.3) is 0 Å². The van der Waals surface area contributed by atoms with Gasteiger partial charge in [-0.1, -0.05) is 6.92 Å². The minimum atomic E-state index is -4.26. The average molecular weight is 241 g/mol. The van der Waals surface area contributed by atoms with E-state index in [4.69, 9.17) is 5.73 Å². The Labute approximate surface area is 93.0 Å². The van der Waals surface area contributed by atoms with Crippen molar-refractivity contribution >= 4 is 5.91 Å². The minimum Gasteiger partial charge on any atom is -0.368 e. The fourth-order valence-electron chi connectivity index (χ4n) is 1.39. The second-order valence-electron chi connectivity index (χ2n) is 3.59. The van der Waals surface area contributed by atoms with E-state index in [0.717, 1.165) is 0 Å². The standard InChI is InChI=1S/C9H18F3N3O/c1-3-4-15(6-9(10,11)12)5-7(14-2)8(13)16/h7,14H,3-6H2,1-2H3,(H2,13,16). The van der Waals surface area contributed by atoms with E-state index < -0.39 is 24.7 Å². The highest BCUT2D eigenvalue weighted by Gasteiger charge is 2.31. The first-order valence-electron chi connectivity index (χ1n) is 5.05. The molecule has 1 atom stereocenters. The molecule has 96 valence electrons. The van der Waals surface area contributed by atoms with Gasteiger partial charge < -0.3 is 11.1 Å². The van der Waals surface area contributed by atoms with Crippen LogP contribution in [0.15, 0.2) is 0 Å². The van der Waals surface area contributed by atoms with Gasteiger partial charge in [-0.05, 0) is 20.0 Å². The van der Waals surface area contributed by atoms with Gasteiger partial charge >= 0.3 is 6.18 Å². The number of nitrogens with one attached hydrogen (secondary N) is 1. The zero-order valence-corrected chi connectivity index (χ0v) is 9.47. The van der Waals surface area contributed by atoms with Crippen LogP contribution < -0.4 is 11.1 Å². The van der Waals surface area contributed by atoms with Crippen molar-refractivity contribution in [2.24, 2.45) is 5.73 Å². The molecule has 0 aliphatic heterocycles. The monoisotopic (exact) mass is 241 g/mol. The number of hydrogen-bond donors (Lipinski definition) is 2. The molecular weight excluding hydrogens is 223 g/mol. The second kappa shape index (κ2) is 6.70. The third-order valence-corrected chi connectivity index (χ3v) is 2.08. The maximum Gasteiger partial charge on any atom is 0.401 e. The van der Waals surface area contributed by atoms with Gasteiger partial charge in [0.1, 0.15) is 0 Å². The highest BCUT2D eigenvalue weighted by molar-refractivity contribution is 5.80. The lowest BCUT2D eigenvalue weighted by Gasteiger charge is -2.26. The molecule has 0 spiro atoms. The zero-order valence-electron chi connectivity index (χ0n) is 9.47. The van der Waals surface area contributed by atoms with E-state index in [1.54, 1.807) is 6.92 Å². The minimum absolute atomic E-state index is 0.0286. The van der Waals surface area contributed by atoms with Crippen molar-refractivity contribution in [3.05, 3.63) is 0 Å². The van der Waals surface area contributed by atoms with Crippen LogP contribution in [0.3, 0.4) is 0 Å². The maximum absolute atomic E-state index is 12.2. The Bertz CT molecular complexity index is 221. The highest BCUT2D eigenvalue weighted by Crippen LogP contribution is 2.16. The van der Waals surface area contributed by atoms with E-state index in [1.807, 2.05) is 0 Å². The number of carbonyl (C=O) groups excluding carboxylic acids is 1. The molecule has 0 heterocycles. The summed E-state index contributed by atoms with van der Waals surface area (Å²) in [4.78, 5) is 12.1. The molecule has 0 aliphatic rings. The Kier molecular flexibility index (Phi) is 6.35. The van der Waals surface area contributed by atoms with Crippen LogP contribution in [0.2, 0.25) is 0 Å². The predicted octanol–water partition coefficient (Wildman–Crippen LogP) is 0.334. The maximum atomic E-state index is 12.2. The quantitative estimate of drug-likeness (QED) is 0.675. The highest BCUT2D eigenvalue weighted by atomic mass is 19.4. The van der Waals surface area contributed by atoms with Crippen molar-refractivity contribution in [3.8, 4) is 0 Å². The SMILES string of the molecule is CCCN(CC(NC)C(N)=O)CC(F)(F)F. The van der Waals surface area contributed by atoms with Gasteiger partial charge in [0.15, 0.2) is 0 Å². The van der Waals surface area contributed by atoms with Crippen molar-refractivity contribution < 1.29 is 18.0 Å². The molecule has 0 aromatic rings. The molecule has 1 amide bonds. The Morgan fingerprint density at radius 3 is 2.38 bits per heavy atom. The van der Waals surface area contributed by atoms with Crippen LogP contribution in [0.1, 0.15) is 13.3 Å². The van der Waals surface area contributed by atoms with Crippen molar-refractivity contribution in [1.82, 2.24) is 10.2 Å². The van der Waals surface area contributed by atoms with Gasteiger partial charge in [0, 0.05) is 6.54 Å². The first kappa shape index (κ1) is 15.2. The smallest absolute Gasteiger partial charge is 0.368 e. The predicted molar refractivity (Wildman–Crippen MR) is 54.8 cm³/mol. The number of nitrogens with two attached hydrogens (primary N) is 1. The Hall–Kier alpha value is -0.820. The number of amides is 1. The number of likely N-dealkylation sites (N-methyl/N-ethyl adjacent to an activating group) is 1. The topological polar surface area (TPSA) is 58.4 Å². The van der Waals surface area contributed by atoms with Gasteiger partial charge in [-0.3, -0.25) is 9.69 Å². The molecule has 0 saturated carbocycles. The fourth-order valence-corrected chi connectivity index (χ4v) is 1.39. The first-order valence-corrected chi connectivity index (χ1v) is 5.05. The number of primary amides is 1. The summed E-state index contributed by atoms with van der Waals surface area (Å²) in [6, 6.07) is -0.756. The number of carbonyl (C=O) groups is 1. The molecule has 0 fully saturated rings. The van der Waals surface area contributed by atoms with E-state index in [-0.39, 0.29) is 13.1 Å². The lowest BCUT2D eigenvalue weighted by atomic mass is 10.2. The summed E-state index contributed by atoms with van der Waals surface area (Å²) in [5.41, 5.74) is 5.05. The third-order valence-electron chi connectivity index (χ3n) is 2.08. The first-order chi connectivity index (χ1) is 7.30. The normalized spacial score (nSPS) is 14.1. The molecule has 7 heteroatoms. The van der Waals surface area contributed by atoms with Crippen molar-refractivity contribution in [2.75, 3.05) is 26.7 Å². The summed E-state index contributed by atoms with van der Waals surface area (Å²) >= 11 is 0. The van der Waals surface area contributed by atoms with Crippen LogP contribution in [0.25, 0.3) is 0 Å². The third kappa shape index (κ3) is 6.62. The molecule has 0 aromatic heterocycles. The van der Waals surface area contributed by atoms with Gasteiger partial charge in [-0.15, -0.1) is 0 Å². The number of nitrogens with zero attached hydrogens (tertiary/aromatic N) is 1. The molecule has 0 aliphatic carbocycles. The van der Waals surface area contributed by atoms with E-state index >= 15 is 0 Å². The largest absolute Gasteiger partial charge is 0.401 e. The molecule has 4 nitrogen and oxygen atoms in total. The van der Waals surface area contributed by atoms with Crippen LogP contribution in [-0.2, 0) is 4.79 Å². The average Bonchev–Trinajstić information content (AvgIpc) is 2.11. The van der Waals surface area contributed by atoms with Gasteiger partial charge in [-0.2, -0.15) is 13.2 Å². The van der Waals surface area contributed by atoms with Crippen LogP contribution in [0.5, 0.6) is 0 Å². The second-order valence-corrected chi connectivity index (χ2v) is 3.59. The summed E-state index contributed by atoms with van der Waals surface area (Å²) in [7, 11) is 1.49. The van der Waals surface area contributed by atoms with Crippen LogP contribution >= 0.6 is 0 Å². The van der Waals surface area contributed by atoms with E-state index in [0.29, 0.717) is 6.42 Å². The van der Waals surface area contributed by atoms with E-state index in [2.05, 4.69) is 5.32 Å². The Morgan fingerprint density at radius 1 is 1.50 bits per heavy atom. The molecule has 0 saturated heterocycles. The number of rotatable bonds is 7. The van der Waals surface area contributed by atoms with Gasteiger partial charge in [0.05, 0.1) is 12.6 Å².